The van der Waals surface area contributed by atoms with Crippen molar-refractivity contribution in [3.05, 3.63) is 82.8 Å². The van der Waals surface area contributed by atoms with Gasteiger partial charge in [-0.3, -0.25) is 0 Å². The van der Waals surface area contributed by atoms with Gasteiger partial charge in [-0.15, -0.1) is 5.10 Å². The average molecular weight is 405 g/mol. The van der Waals surface area contributed by atoms with Crippen molar-refractivity contribution in [2.45, 2.75) is 6.92 Å². The number of hydrogen-bond acceptors (Lipinski definition) is 5. The van der Waals surface area contributed by atoms with Crippen LogP contribution in [-0.4, -0.2) is 32.6 Å². The van der Waals surface area contributed by atoms with E-state index in [0.717, 1.165) is 16.3 Å². The molecule has 4 rings (SSSR count). The maximum atomic E-state index is 12.2. The fraction of sp³-hybridized carbons (Fsp3) is 0.0909. The molecule has 2 heterocycles. The summed E-state index contributed by atoms with van der Waals surface area (Å²) in [6, 6.07) is 16.9. The minimum Gasteiger partial charge on any atom is -0.461 e. The van der Waals surface area contributed by atoms with E-state index in [9.17, 15) is 4.79 Å². The van der Waals surface area contributed by atoms with Crippen LogP contribution in [0.4, 0.5) is 0 Å². The molecule has 0 aliphatic carbocycles. The number of carbonyl (C=O) groups is 1. The summed E-state index contributed by atoms with van der Waals surface area (Å²) in [5, 5.41) is 15.3. The molecule has 0 fully saturated rings. The molecule has 4 aromatic rings. The summed E-state index contributed by atoms with van der Waals surface area (Å²) in [6.07, 6.45) is 5.47. The van der Waals surface area contributed by atoms with Gasteiger partial charge in [0.1, 0.15) is 0 Å². The fourth-order valence-corrected chi connectivity index (χ4v) is 3.04. The van der Waals surface area contributed by atoms with Gasteiger partial charge in [0.05, 0.1) is 18.5 Å². The first-order chi connectivity index (χ1) is 14.2. The molecule has 2 aromatic carbocycles. The fourth-order valence-electron chi connectivity index (χ4n) is 2.91. The van der Waals surface area contributed by atoms with Crippen LogP contribution in [0.25, 0.3) is 28.7 Å². The van der Waals surface area contributed by atoms with E-state index >= 15 is 0 Å². The molecule has 0 bridgehead atoms. The Morgan fingerprint density at radius 2 is 1.93 bits per heavy atom. The molecule has 0 unspecified atom stereocenters. The first-order valence-electron chi connectivity index (χ1n) is 9.07. The molecule has 0 spiro atoms. The van der Waals surface area contributed by atoms with Crippen LogP contribution in [0.5, 0.6) is 0 Å². The van der Waals surface area contributed by atoms with Gasteiger partial charge in [0.15, 0.2) is 11.5 Å². The Morgan fingerprint density at radius 1 is 1.14 bits per heavy atom. The van der Waals surface area contributed by atoms with Gasteiger partial charge in [-0.05, 0) is 36.8 Å². The zero-order valence-corrected chi connectivity index (χ0v) is 16.4. The largest absolute Gasteiger partial charge is 0.461 e. The maximum absolute atomic E-state index is 12.2. The highest BCUT2D eigenvalue weighted by Gasteiger charge is 2.17. The molecule has 29 heavy (non-hydrogen) atoms. The van der Waals surface area contributed by atoms with E-state index in [1.54, 1.807) is 23.9 Å². The molecule has 0 saturated heterocycles. The van der Waals surface area contributed by atoms with Gasteiger partial charge in [0.25, 0.3) is 0 Å². The van der Waals surface area contributed by atoms with Crippen LogP contribution in [0.1, 0.15) is 28.7 Å². The van der Waals surface area contributed by atoms with Crippen LogP contribution in [0, 0.1) is 0 Å². The standard InChI is InChI=1S/C22H17ClN4O2/c1-2-29-22(28)20-13-18(12-9-15-7-10-17(23)11-8-15)27(26-20)21-19-6-4-3-5-16(19)14-24-25-21/h3-14H,2H2,1H3. The number of benzene rings is 2. The summed E-state index contributed by atoms with van der Waals surface area (Å²) < 4.78 is 6.71. The zero-order chi connectivity index (χ0) is 20.2. The number of aromatic nitrogens is 4. The highest BCUT2D eigenvalue weighted by molar-refractivity contribution is 6.30. The second kappa shape index (κ2) is 8.24. The number of nitrogens with zero attached hydrogens (tertiary/aromatic N) is 4. The van der Waals surface area contributed by atoms with Gasteiger partial charge in [0, 0.05) is 15.8 Å². The summed E-state index contributed by atoms with van der Waals surface area (Å²) in [4.78, 5) is 12.2. The smallest absolute Gasteiger partial charge is 0.358 e. The van der Waals surface area contributed by atoms with Crippen molar-refractivity contribution in [2.75, 3.05) is 6.61 Å². The number of ether oxygens (including phenoxy) is 1. The number of rotatable bonds is 5. The molecule has 144 valence electrons. The van der Waals surface area contributed by atoms with Crippen molar-refractivity contribution in [1.29, 1.82) is 0 Å². The zero-order valence-electron chi connectivity index (χ0n) is 15.6. The van der Waals surface area contributed by atoms with Crippen molar-refractivity contribution >= 4 is 40.5 Å². The molecule has 0 aliphatic heterocycles. The second-order valence-corrected chi connectivity index (χ2v) is 6.66. The van der Waals surface area contributed by atoms with Crippen molar-refractivity contribution in [3.8, 4) is 5.82 Å². The third kappa shape index (κ3) is 4.02. The Balaban J connectivity index is 1.83. The third-order valence-electron chi connectivity index (χ3n) is 4.29. The van der Waals surface area contributed by atoms with Crippen molar-refractivity contribution in [1.82, 2.24) is 20.0 Å². The molecule has 0 radical (unpaired) electrons. The van der Waals surface area contributed by atoms with Crippen molar-refractivity contribution in [3.63, 3.8) is 0 Å². The minimum absolute atomic E-state index is 0.206. The van der Waals surface area contributed by atoms with E-state index in [1.807, 2.05) is 60.7 Å². The highest BCUT2D eigenvalue weighted by Crippen LogP contribution is 2.22. The normalized spacial score (nSPS) is 11.2. The Hall–Kier alpha value is -3.51. The van der Waals surface area contributed by atoms with Crippen molar-refractivity contribution in [2.24, 2.45) is 0 Å². The van der Waals surface area contributed by atoms with Crippen LogP contribution in [-0.2, 0) is 4.74 Å². The molecular formula is C22H17ClN4O2. The third-order valence-corrected chi connectivity index (χ3v) is 4.54. The number of fused-ring (bicyclic) bond motifs is 1. The molecule has 0 atom stereocenters. The molecule has 2 aromatic heterocycles. The molecular weight excluding hydrogens is 388 g/mol. The van der Waals surface area contributed by atoms with E-state index < -0.39 is 5.97 Å². The molecule has 0 amide bonds. The SMILES string of the molecule is CCOC(=O)c1cc(C=Cc2ccc(Cl)cc2)n(-c2nncc3ccccc23)n1. The maximum Gasteiger partial charge on any atom is 0.358 e. The first-order valence-corrected chi connectivity index (χ1v) is 9.45. The number of carbonyl (C=O) groups excluding carboxylic acids is 1. The first kappa shape index (κ1) is 18.8. The monoisotopic (exact) mass is 404 g/mol. The van der Waals surface area contributed by atoms with Crippen LogP contribution in [0.3, 0.4) is 0 Å². The van der Waals surface area contributed by atoms with E-state index in [-0.39, 0.29) is 12.3 Å². The topological polar surface area (TPSA) is 69.9 Å². The number of halogens is 1. The summed E-state index contributed by atoms with van der Waals surface area (Å²) in [5.41, 5.74) is 1.84. The van der Waals surface area contributed by atoms with Gasteiger partial charge >= 0.3 is 5.97 Å². The van der Waals surface area contributed by atoms with Gasteiger partial charge in [0.2, 0.25) is 0 Å². The predicted octanol–water partition coefficient (Wildman–Crippen LogP) is 4.82. The van der Waals surface area contributed by atoms with Gasteiger partial charge in [-0.1, -0.05) is 54.1 Å². The van der Waals surface area contributed by atoms with Crippen LogP contribution < -0.4 is 0 Å². The molecule has 0 aliphatic rings. The summed E-state index contributed by atoms with van der Waals surface area (Å²) in [5.74, 6) is 0.0509. The number of esters is 1. The predicted molar refractivity (Wildman–Crippen MR) is 113 cm³/mol. The molecule has 0 saturated carbocycles. The lowest BCUT2D eigenvalue weighted by atomic mass is 10.2. The van der Waals surface area contributed by atoms with Gasteiger partial charge in [-0.2, -0.15) is 10.2 Å². The molecule has 0 N–H and O–H groups in total. The van der Waals surface area contributed by atoms with Gasteiger partial charge < -0.3 is 4.74 Å². The van der Waals surface area contributed by atoms with Crippen LogP contribution in [0.2, 0.25) is 5.02 Å². The summed E-state index contributed by atoms with van der Waals surface area (Å²) >= 11 is 5.95. The Bertz CT molecular complexity index is 1190. The Labute approximate surface area is 172 Å². The van der Waals surface area contributed by atoms with Crippen LogP contribution in [0.15, 0.2) is 60.8 Å². The number of hydrogen-bond donors (Lipinski definition) is 0. The lowest BCUT2D eigenvalue weighted by molar-refractivity contribution is 0.0519. The minimum atomic E-state index is -0.486. The molecule has 7 heteroatoms. The van der Waals surface area contributed by atoms with E-state index in [1.165, 1.54) is 0 Å². The summed E-state index contributed by atoms with van der Waals surface area (Å²) in [7, 11) is 0. The second-order valence-electron chi connectivity index (χ2n) is 6.23. The lowest BCUT2D eigenvalue weighted by Crippen LogP contribution is -2.08. The van der Waals surface area contributed by atoms with E-state index in [2.05, 4.69) is 15.3 Å². The lowest BCUT2D eigenvalue weighted by Gasteiger charge is -2.06. The summed E-state index contributed by atoms with van der Waals surface area (Å²) in [6.45, 7) is 2.03. The van der Waals surface area contributed by atoms with E-state index in [4.69, 9.17) is 16.3 Å². The van der Waals surface area contributed by atoms with Gasteiger partial charge in [-0.25, -0.2) is 9.48 Å². The molecule has 6 nitrogen and oxygen atoms in total. The average Bonchev–Trinajstić information content (AvgIpc) is 3.17. The van der Waals surface area contributed by atoms with Crippen molar-refractivity contribution < 1.29 is 9.53 Å². The Morgan fingerprint density at radius 3 is 2.72 bits per heavy atom. The van der Waals surface area contributed by atoms with E-state index in [0.29, 0.717) is 16.5 Å². The van der Waals surface area contributed by atoms with Crippen LogP contribution >= 0.6 is 11.6 Å². The highest BCUT2D eigenvalue weighted by atomic mass is 35.5. The Kier molecular flexibility index (Phi) is 5.35. The quantitative estimate of drug-likeness (QED) is 0.446.